The lowest BCUT2D eigenvalue weighted by molar-refractivity contribution is -0.120. The quantitative estimate of drug-likeness (QED) is 0.323. The van der Waals surface area contributed by atoms with Gasteiger partial charge in [-0.1, -0.05) is 70.2 Å². The van der Waals surface area contributed by atoms with E-state index < -0.39 is 22.2 Å². The first-order chi connectivity index (χ1) is 19.9. The second-order valence-electron chi connectivity index (χ2n) is 12.7. The van der Waals surface area contributed by atoms with Gasteiger partial charge in [0.05, 0.1) is 23.1 Å². The smallest absolute Gasteiger partial charge is 0.241 e. The Kier molecular flexibility index (Phi) is 8.90. The molecule has 1 heterocycles. The number of likely N-dealkylation sites (tertiary alicyclic amines) is 1. The third-order valence-corrected chi connectivity index (χ3v) is 10.1. The van der Waals surface area contributed by atoms with E-state index in [1.54, 1.807) is 24.3 Å². The van der Waals surface area contributed by atoms with Gasteiger partial charge in [0.1, 0.15) is 0 Å². The normalized spacial score (nSPS) is 21.2. The van der Waals surface area contributed by atoms with Crippen molar-refractivity contribution >= 4 is 21.6 Å². The molecule has 1 aliphatic heterocycles. The van der Waals surface area contributed by atoms with Crippen LogP contribution in [0.1, 0.15) is 80.8 Å². The van der Waals surface area contributed by atoms with Gasteiger partial charge in [0.2, 0.25) is 15.9 Å². The topological polar surface area (TPSA) is 98.7 Å². The second kappa shape index (κ2) is 12.3. The molecule has 0 spiro atoms. The van der Waals surface area contributed by atoms with E-state index in [0.717, 1.165) is 36.9 Å². The maximum atomic E-state index is 13.5. The first-order valence-corrected chi connectivity index (χ1v) is 16.5. The lowest BCUT2D eigenvalue weighted by Crippen LogP contribution is -2.40. The van der Waals surface area contributed by atoms with Gasteiger partial charge in [0.25, 0.3) is 0 Å². The zero-order valence-electron chi connectivity index (χ0n) is 25.1. The molecule has 1 aliphatic carbocycles. The lowest BCUT2D eigenvalue weighted by atomic mass is 9.86. The molecule has 7 nitrogen and oxygen atoms in total. The maximum absolute atomic E-state index is 13.5. The van der Waals surface area contributed by atoms with Gasteiger partial charge in [-0.3, -0.25) is 9.69 Å². The molecule has 1 fully saturated rings. The summed E-state index contributed by atoms with van der Waals surface area (Å²) < 4.78 is 29.2. The Bertz CT molecular complexity index is 1510. The number of aliphatic hydroxyl groups excluding tert-OH is 1. The van der Waals surface area contributed by atoms with E-state index in [2.05, 4.69) is 60.0 Å². The number of nitrogens with zero attached hydrogens (tertiary/aromatic N) is 1. The van der Waals surface area contributed by atoms with Crippen LogP contribution in [0, 0.1) is 0 Å². The molecule has 0 radical (unpaired) electrons. The van der Waals surface area contributed by atoms with Gasteiger partial charge < -0.3 is 10.4 Å². The van der Waals surface area contributed by atoms with Crippen LogP contribution in [-0.4, -0.2) is 43.0 Å². The van der Waals surface area contributed by atoms with Crippen LogP contribution in [-0.2, 0) is 39.6 Å². The number of hydrogen-bond donors (Lipinski definition) is 3. The van der Waals surface area contributed by atoms with Crippen LogP contribution in [0.5, 0.6) is 0 Å². The highest BCUT2D eigenvalue weighted by Gasteiger charge is 2.34. The third-order valence-electron chi connectivity index (χ3n) is 8.64. The number of aryl methyl sites for hydroxylation is 2. The molecule has 5 rings (SSSR count). The second-order valence-corrected chi connectivity index (χ2v) is 14.4. The van der Waals surface area contributed by atoms with Crippen molar-refractivity contribution in [3.63, 3.8) is 0 Å². The molecular formula is C34H43N3O4S. The largest absolute Gasteiger partial charge is 0.391 e. The molecule has 224 valence electrons. The monoisotopic (exact) mass is 589 g/mol. The molecule has 0 aromatic heterocycles. The van der Waals surface area contributed by atoms with Crippen molar-refractivity contribution in [2.45, 2.75) is 94.8 Å². The maximum Gasteiger partial charge on any atom is 0.241 e. The Hall–Kier alpha value is -3.04. The number of carbonyl (C=O) groups excluding carboxylic acids is 1. The van der Waals surface area contributed by atoms with Crippen LogP contribution in [0.3, 0.4) is 0 Å². The summed E-state index contributed by atoms with van der Waals surface area (Å²) in [6, 6.07) is 20.0. The van der Waals surface area contributed by atoms with Crippen molar-refractivity contribution in [1.29, 1.82) is 0 Å². The number of rotatable bonds is 8. The van der Waals surface area contributed by atoms with Crippen LogP contribution >= 0.6 is 0 Å². The highest BCUT2D eigenvalue weighted by atomic mass is 32.2. The van der Waals surface area contributed by atoms with Crippen molar-refractivity contribution < 1.29 is 18.3 Å². The van der Waals surface area contributed by atoms with Gasteiger partial charge in [-0.25, -0.2) is 13.1 Å². The van der Waals surface area contributed by atoms with E-state index >= 15 is 0 Å². The number of aliphatic hydroxyl groups is 1. The van der Waals surface area contributed by atoms with Crippen molar-refractivity contribution in [1.82, 2.24) is 9.62 Å². The molecule has 2 aliphatic rings. The Labute approximate surface area is 250 Å². The van der Waals surface area contributed by atoms with Crippen LogP contribution in [0.15, 0.2) is 71.6 Å². The van der Waals surface area contributed by atoms with E-state index in [9.17, 15) is 18.3 Å². The van der Waals surface area contributed by atoms with Gasteiger partial charge in [-0.05, 0) is 96.1 Å². The number of carbonyl (C=O) groups is 1. The summed E-state index contributed by atoms with van der Waals surface area (Å²) in [5.74, 6) is -0.0664. The highest BCUT2D eigenvalue weighted by Crippen LogP contribution is 2.34. The Morgan fingerprint density at radius 2 is 1.67 bits per heavy atom. The molecule has 0 bridgehead atoms. The SMILES string of the molecule is CCc1ccc(S(=O)(=O)N[C@@H]2c3cc(NC(=O)[C@H]4CCCN4Cc4ccc(C(C)(C)C)cc4)ccc3CC[C@H]2O)cc1. The predicted octanol–water partition coefficient (Wildman–Crippen LogP) is 5.48. The fourth-order valence-corrected chi connectivity index (χ4v) is 7.28. The summed E-state index contributed by atoms with van der Waals surface area (Å²) in [6.45, 7) is 10.2. The van der Waals surface area contributed by atoms with Crippen molar-refractivity contribution in [3.8, 4) is 0 Å². The minimum absolute atomic E-state index is 0.0664. The predicted molar refractivity (Wildman–Crippen MR) is 167 cm³/mol. The van der Waals surface area contributed by atoms with Crippen molar-refractivity contribution in [3.05, 3.63) is 94.5 Å². The molecule has 42 heavy (non-hydrogen) atoms. The molecule has 3 aromatic carbocycles. The summed E-state index contributed by atoms with van der Waals surface area (Å²) in [6.07, 6.45) is 2.78. The van der Waals surface area contributed by atoms with Gasteiger partial charge in [0.15, 0.2) is 0 Å². The van der Waals surface area contributed by atoms with Gasteiger partial charge >= 0.3 is 0 Å². The third kappa shape index (κ3) is 6.78. The first kappa shape index (κ1) is 30.4. The average Bonchev–Trinajstić information content (AvgIpc) is 3.43. The van der Waals surface area contributed by atoms with Crippen LogP contribution in [0.25, 0.3) is 0 Å². The van der Waals surface area contributed by atoms with E-state index in [-0.39, 0.29) is 22.3 Å². The average molecular weight is 590 g/mol. The zero-order chi connectivity index (χ0) is 30.1. The van der Waals surface area contributed by atoms with Crippen molar-refractivity contribution in [2.24, 2.45) is 0 Å². The van der Waals surface area contributed by atoms with Crippen molar-refractivity contribution in [2.75, 3.05) is 11.9 Å². The highest BCUT2D eigenvalue weighted by molar-refractivity contribution is 7.89. The van der Waals surface area contributed by atoms with Gasteiger partial charge in [-0.2, -0.15) is 0 Å². The van der Waals surface area contributed by atoms with Crippen LogP contribution in [0.4, 0.5) is 5.69 Å². The minimum atomic E-state index is -3.86. The first-order valence-electron chi connectivity index (χ1n) is 15.0. The summed E-state index contributed by atoms with van der Waals surface area (Å²) in [4.78, 5) is 15.9. The summed E-state index contributed by atoms with van der Waals surface area (Å²) in [5, 5.41) is 14.0. The van der Waals surface area contributed by atoms with E-state index in [4.69, 9.17) is 0 Å². The van der Waals surface area contributed by atoms with E-state index in [0.29, 0.717) is 30.6 Å². The Morgan fingerprint density at radius 1 is 0.976 bits per heavy atom. The summed E-state index contributed by atoms with van der Waals surface area (Å²) in [7, 11) is -3.86. The summed E-state index contributed by atoms with van der Waals surface area (Å²) >= 11 is 0. The van der Waals surface area contributed by atoms with E-state index in [1.165, 1.54) is 11.1 Å². The van der Waals surface area contributed by atoms with Gasteiger partial charge in [-0.15, -0.1) is 0 Å². The minimum Gasteiger partial charge on any atom is -0.391 e. The molecular weight excluding hydrogens is 546 g/mol. The molecule has 1 amide bonds. The number of fused-ring (bicyclic) bond motifs is 1. The molecule has 8 heteroatoms. The fourth-order valence-electron chi connectivity index (χ4n) is 6.03. The molecule has 3 N–H and O–H groups in total. The van der Waals surface area contributed by atoms with Crippen LogP contribution < -0.4 is 10.0 Å². The number of benzene rings is 3. The Balaban J connectivity index is 1.30. The molecule has 0 unspecified atom stereocenters. The summed E-state index contributed by atoms with van der Waals surface area (Å²) in [5.41, 5.74) is 5.89. The number of anilines is 1. The van der Waals surface area contributed by atoms with Crippen LogP contribution in [0.2, 0.25) is 0 Å². The fraction of sp³-hybridized carbons (Fsp3) is 0.441. The number of nitrogens with one attached hydrogen (secondary N) is 2. The number of hydrogen-bond acceptors (Lipinski definition) is 5. The molecule has 3 atom stereocenters. The van der Waals surface area contributed by atoms with E-state index in [1.807, 2.05) is 25.1 Å². The molecule has 1 saturated heterocycles. The lowest BCUT2D eigenvalue weighted by Gasteiger charge is -2.31. The number of sulfonamides is 1. The Morgan fingerprint density at radius 3 is 2.33 bits per heavy atom. The molecule has 0 saturated carbocycles. The number of amides is 1. The zero-order valence-corrected chi connectivity index (χ0v) is 25.9. The standard InChI is InChI=1S/C34H43N3O4S/c1-5-23-10-17-28(18-11-23)42(40,41)36-32-29-21-27(16-12-25(29)13-19-31(32)38)35-33(39)30-7-6-20-37(30)22-24-8-14-26(15-9-24)34(2,3)4/h8-12,14-18,21,30-32,36,38H,5-7,13,19-20,22H2,1-4H3,(H,35,39)/t30-,31-,32-/m1/s1. The molecule has 3 aromatic rings. The van der Waals surface area contributed by atoms with Gasteiger partial charge in [0, 0.05) is 12.2 Å².